The summed E-state index contributed by atoms with van der Waals surface area (Å²) in [7, 11) is 0. The molecule has 3 N–H and O–H groups in total. The van der Waals surface area contributed by atoms with Crippen molar-refractivity contribution >= 4 is 34.0 Å². The molecule has 0 radical (unpaired) electrons. The van der Waals surface area contributed by atoms with E-state index in [0.717, 1.165) is 58.8 Å². The maximum Gasteiger partial charge on any atom is 0.223 e. The zero-order chi connectivity index (χ0) is 20.4. The Balaban J connectivity index is 1.48. The van der Waals surface area contributed by atoms with E-state index >= 15 is 0 Å². The number of amides is 1. The van der Waals surface area contributed by atoms with Gasteiger partial charge in [0.25, 0.3) is 0 Å². The molecule has 0 aromatic carbocycles. The highest BCUT2D eigenvalue weighted by molar-refractivity contribution is 7.18. The second kappa shape index (κ2) is 7.79. The van der Waals surface area contributed by atoms with Crippen LogP contribution in [-0.4, -0.2) is 33.9 Å². The normalized spacial score (nSPS) is 15.9. The van der Waals surface area contributed by atoms with Gasteiger partial charge in [-0.1, -0.05) is 24.3 Å². The van der Waals surface area contributed by atoms with E-state index in [2.05, 4.69) is 20.2 Å². The molecule has 150 valence electrons. The number of carbonyl (C=O) groups excluding carboxylic acids is 1. The van der Waals surface area contributed by atoms with Gasteiger partial charge in [0.15, 0.2) is 5.13 Å². The molecule has 0 bridgehead atoms. The Morgan fingerprint density at radius 2 is 2.00 bits per heavy atom. The minimum atomic E-state index is -0.415. The van der Waals surface area contributed by atoms with E-state index in [-0.39, 0.29) is 5.91 Å². The quantitative estimate of drug-likeness (QED) is 0.667. The number of rotatable bonds is 5. The van der Waals surface area contributed by atoms with E-state index in [1.165, 1.54) is 0 Å². The molecule has 0 spiro atoms. The van der Waals surface area contributed by atoms with E-state index in [1.807, 2.05) is 50.4 Å². The SMILES string of the molecule is Cc1ccnc(Nc2cccc(-c3cnc(N4CCC(C)(C(N)=O)CC4)s3)n2)c1. The van der Waals surface area contributed by atoms with Crippen LogP contribution < -0.4 is 16.0 Å². The molecule has 0 atom stereocenters. The van der Waals surface area contributed by atoms with Crippen molar-refractivity contribution in [3.8, 4) is 10.6 Å². The molecule has 3 aromatic rings. The Bertz CT molecular complexity index is 1030. The molecule has 0 unspecified atom stereocenters. The Morgan fingerprint density at radius 3 is 2.72 bits per heavy atom. The standard InChI is InChI=1S/C21H24N6OS/c1-14-6-9-23-18(12-14)26-17-5-3-4-15(25-17)16-13-24-20(29-16)27-10-7-21(2,8-11-27)19(22)28/h3-6,9,12-13H,7-8,10-11H2,1-2H3,(H2,22,28)(H,23,25,26). The zero-order valence-corrected chi connectivity index (χ0v) is 17.4. The number of aromatic nitrogens is 3. The molecule has 3 aromatic heterocycles. The van der Waals surface area contributed by atoms with Crippen LogP contribution in [0.2, 0.25) is 0 Å². The summed E-state index contributed by atoms with van der Waals surface area (Å²) in [5.41, 5.74) is 7.14. The van der Waals surface area contributed by atoms with Gasteiger partial charge in [0.05, 0.1) is 10.6 Å². The Labute approximate surface area is 174 Å². The van der Waals surface area contributed by atoms with Crippen LogP contribution in [0.25, 0.3) is 10.6 Å². The molecule has 4 heterocycles. The fraction of sp³-hybridized carbons (Fsp3) is 0.333. The van der Waals surface area contributed by atoms with Gasteiger partial charge in [0, 0.05) is 30.9 Å². The number of anilines is 3. The maximum atomic E-state index is 11.7. The largest absolute Gasteiger partial charge is 0.369 e. The lowest BCUT2D eigenvalue weighted by Gasteiger charge is -2.37. The predicted octanol–water partition coefficient (Wildman–Crippen LogP) is 3.74. The second-order valence-electron chi connectivity index (χ2n) is 7.67. The molecular weight excluding hydrogens is 384 g/mol. The lowest BCUT2D eigenvalue weighted by molar-refractivity contribution is -0.127. The minimum absolute atomic E-state index is 0.214. The fourth-order valence-electron chi connectivity index (χ4n) is 3.34. The Kier molecular flexibility index (Phi) is 5.19. The zero-order valence-electron chi connectivity index (χ0n) is 16.6. The van der Waals surface area contributed by atoms with E-state index in [0.29, 0.717) is 0 Å². The van der Waals surface area contributed by atoms with Crippen molar-refractivity contribution in [2.75, 3.05) is 23.3 Å². The first kappa shape index (κ1) is 19.3. The van der Waals surface area contributed by atoms with E-state index < -0.39 is 5.41 Å². The number of thiazole rings is 1. The number of piperidine rings is 1. The third kappa shape index (κ3) is 4.22. The first-order chi connectivity index (χ1) is 13.9. The lowest BCUT2D eigenvalue weighted by atomic mass is 9.80. The molecule has 7 nitrogen and oxygen atoms in total. The predicted molar refractivity (Wildman–Crippen MR) is 116 cm³/mol. The fourth-order valence-corrected chi connectivity index (χ4v) is 4.28. The van der Waals surface area contributed by atoms with Gasteiger partial charge in [-0.05, 0) is 49.6 Å². The Morgan fingerprint density at radius 1 is 1.21 bits per heavy atom. The molecule has 1 saturated heterocycles. The van der Waals surface area contributed by atoms with Crippen LogP contribution in [0, 0.1) is 12.3 Å². The molecule has 0 aliphatic carbocycles. The van der Waals surface area contributed by atoms with Gasteiger partial charge in [0.2, 0.25) is 5.91 Å². The topological polar surface area (TPSA) is 97.0 Å². The molecule has 1 amide bonds. The van der Waals surface area contributed by atoms with Gasteiger partial charge >= 0.3 is 0 Å². The van der Waals surface area contributed by atoms with Crippen molar-refractivity contribution in [2.24, 2.45) is 11.1 Å². The number of aryl methyl sites for hydroxylation is 1. The summed E-state index contributed by atoms with van der Waals surface area (Å²) in [4.78, 5) is 28.5. The smallest absolute Gasteiger partial charge is 0.223 e. The van der Waals surface area contributed by atoms with Gasteiger partial charge < -0.3 is 16.0 Å². The van der Waals surface area contributed by atoms with Crippen LogP contribution in [-0.2, 0) is 4.79 Å². The number of nitrogens with zero attached hydrogens (tertiary/aromatic N) is 4. The molecule has 29 heavy (non-hydrogen) atoms. The number of nitrogens with two attached hydrogens (primary N) is 1. The average Bonchev–Trinajstić information content (AvgIpc) is 3.19. The number of hydrogen-bond donors (Lipinski definition) is 2. The molecule has 0 saturated carbocycles. The minimum Gasteiger partial charge on any atom is -0.369 e. The summed E-state index contributed by atoms with van der Waals surface area (Å²) in [5, 5.41) is 4.20. The lowest BCUT2D eigenvalue weighted by Crippen LogP contribution is -2.45. The highest BCUT2D eigenvalue weighted by atomic mass is 32.1. The van der Waals surface area contributed by atoms with Crippen molar-refractivity contribution in [3.05, 3.63) is 48.3 Å². The first-order valence-corrected chi connectivity index (χ1v) is 10.4. The van der Waals surface area contributed by atoms with Crippen LogP contribution in [0.15, 0.2) is 42.7 Å². The van der Waals surface area contributed by atoms with Crippen molar-refractivity contribution < 1.29 is 4.79 Å². The van der Waals surface area contributed by atoms with Crippen LogP contribution in [0.4, 0.5) is 16.8 Å². The molecule has 1 aliphatic rings. The van der Waals surface area contributed by atoms with Crippen molar-refractivity contribution in [1.82, 2.24) is 15.0 Å². The van der Waals surface area contributed by atoms with Crippen LogP contribution in [0.1, 0.15) is 25.3 Å². The van der Waals surface area contributed by atoms with Gasteiger partial charge in [-0.25, -0.2) is 15.0 Å². The monoisotopic (exact) mass is 408 g/mol. The van der Waals surface area contributed by atoms with Gasteiger partial charge in [-0.3, -0.25) is 4.79 Å². The average molecular weight is 409 g/mol. The summed E-state index contributed by atoms with van der Waals surface area (Å²) in [6.07, 6.45) is 5.13. The summed E-state index contributed by atoms with van der Waals surface area (Å²) in [6.45, 7) is 5.54. The first-order valence-electron chi connectivity index (χ1n) is 9.61. The Hall–Kier alpha value is -3.00. The molecule has 1 aliphatic heterocycles. The number of nitrogens with one attached hydrogen (secondary N) is 1. The van der Waals surface area contributed by atoms with Crippen LogP contribution in [0.5, 0.6) is 0 Å². The maximum absolute atomic E-state index is 11.7. The number of primary amides is 1. The summed E-state index contributed by atoms with van der Waals surface area (Å²) < 4.78 is 0. The van der Waals surface area contributed by atoms with Crippen LogP contribution >= 0.6 is 11.3 Å². The van der Waals surface area contributed by atoms with Gasteiger partial charge in [-0.15, -0.1) is 0 Å². The third-order valence-corrected chi connectivity index (χ3v) is 6.48. The second-order valence-corrected chi connectivity index (χ2v) is 8.68. The molecule has 4 rings (SSSR count). The molecular formula is C21H24N6OS. The number of carbonyl (C=O) groups is 1. The number of hydrogen-bond acceptors (Lipinski definition) is 7. The summed E-state index contributed by atoms with van der Waals surface area (Å²) in [5.74, 6) is 1.30. The van der Waals surface area contributed by atoms with E-state index in [1.54, 1.807) is 17.5 Å². The summed E-state index contributed by atoms with van der Waals surface area (Å²) in [6, 6.07) is 9.81. The highest BCUT2D eigenvalue weighted by Gasteiger charge is 2.35. The van der Waals surface area contributed by atoms with E-state index in [4.69, 9.17) is 10.7 Å². The summed E-state index contributed by atoms with van der Waals surface area (Å²) >= 11 is 1.61. The van der Waals surface area contributed by atoms with E-state index in [9.17, 15) is 4.79 Å². The van der Waals surface area contributed by atoms with Crippen molar-refractivity contribution in [2.45, 2.75) is 26.7 Å². The molecule has 1 fully saturated rings. The molecule has 8 heteroatoms. The van der Waals surface area contributed by atoms with Crippen molar-refractivity contribution in [1.29, 1.82) is 0 Å². The van der Waals surface area contributed by atoms with Gasteiger partial charge in [-0.2, -0.15) is 0 Å². The third-order valence-electron chi connectivity index (χ3n) is 5.40. The number of pyridine rings is 2. The van der Waals surface area contributed by atoms with Gasteiger partial charge in [0.1, 0.15) is 11.6 Å². The van der Waals surface area contributed by atoms with Crippen LogP contribution in [0.3, 0.4) is 0 Å². The van der Waals surface area contributed by atoms with Crippen molar-refractivity contribution in [3.63, 3.8) is 0 Å². The highest BCUT2D eigenvalue weighted by Crippen LogP contribution is 2.36.